The second-order valence-electron chi connectivity index (χ2n) is 7.46. The molecule has 0 fully saturated rings. The van der Waals surface area contributed by atoms with Crippen LogP contribution in [0, 0.1) is 0 Å². The van der Waals surface area contributed by atoms with Crippen LogP contribution in [-0.2, 0) is 14.3 Å². The Morgan fingerprint density at radius 1 is 0.806 bits per heavy atom. The van der Waals surface area contributed by atoms with Crippen LogP contribution in [0.5, 0.6) is 0 Å². The first-order chi connectivity index (χ1) is 17.2. The quantitative estimate of drug-likeness (QED) is 0.315. The van der Waals surface area contributed by atoms with Crippen molar-refractivity contribution < 1.29 is 23.9 Å². The molecule has 3 aromatic carbocycles. The molecule has 0 aliphatic carbocycles. The summed E-state index contributed by atoms with van der Waals surface area (Å²) in [4.78, 5) is 50.8. The summed E-state index contributed by atoms with van der Waals surface area (Å²) in [6, 6.07) is 16.8. The molecule has 4 rings (SSSR count). The summed E-state index contributed by atoms with van der Waals surface area (Å²) in [5.41, 5.74) is 1.49. The smallest absolute Gasteiger partial charge is 0.337 e. The summed E-state index contributed by atoms with van der Waals surface area (Å²) in [7, 11) is 1.28. The van der Waals surface area contributed by atoms with Crippen LogP contribution in [0.3, 0.4) is 0 Å². The largest absolute Gasteiger partial charge is 0.465 e. The SMILES string of the molecule is COC(=O)c1ccc(NC(=O)c2cccc(NC3=C(Cl)C(=O)N(c4ccc(Cl)c(Cl)c4)C3=O)c2)cc1. The highest BCUT2D eigenvalue weighted by molar-refractivity contribution is 6.53. The molecule has 1 aliphatic heterocycles. The lowest BCUT2D eigenvalue weighted by atomic mass is 10.1. The van der Waals surface area contributed by atoms with Crippen molar-refractivity contribution in [3.63, 3.8) is 0 Å². The van der Waals surface area contributed by atoms with E-state index in [1.807, 2.05) is 0 Å². The Bertz CT molecular complexity index is 1440. The van der Waals surface area contributed by atoms with E-state index in [1.165, 1.54) is 43.5 Å². The number of amides is 3. The molecular formula is C25H16Cl3N3O5. The van der Waals surface area contributed by atoms with Gasteiger partial charge in [-0.25, -0.2) is 9.69 Å². The third-order valence-corrected chi connectivity index (χ3v) is 6.24. The molecule has 0 unspecified atom stereocenters. The monoisotopic (exact) mass is 543 g/mol. The van der Waals surface area contributed by atoms with E-state index >= 15 is 0 Å². The number of esters is 1. The van der Waals surface area contributed by atoms with Crippen LogP contribution in [0.15, 0.2) is 77.5 Å². The predicted molar refractivity (Wildman–Crippen MR) is 138 cm³/mol. The van der Waals surface area contributed by atoms with Gasteiger partial charge >= 0.3 is 5.97 Å². The van der Waals surface area contributed by atoms with E-state index in [-0.39, 0.29) is 32.0 Å². The maximum atomic E-state index is 13.0. The number of halogens is 3. The zero-order valence-corrected chi connectivity index (χ0v) is 20.7. The molecule has 1 heterocycles. The van der Waals surface area contributed by atoms with Crippen LogP contribution in [0.2, 0.25) is 10.0 Å². The third-order valence-electron chi connectivity index (χ3n) is 5.15. The predicted octanol–water partition coefficient (Wildman–Crippen LogP) is 5.47. The first-order valence-corrected chi connectivity index (χ1v) is 11.4. The number of benzene rings is 3. The fourth-order valence-electron chi connectivity index (χ4n) is 3.36. The van der Waals surface area contributed by atoms with Crippen LogP contribution in [0.25, 0.3) is 0 Å². The van der Waals surface area contributed by atoms with Crippen LogP contribution in [0.1, 0.15) is 20.7 Å². The molecule has 0 saturated carbocycles. The first kappa shape index (κ1) is 25.2. The standard InChI is InChI=1S/C25H16Cl3N3O5/c1-36-25(35)13-5-7-15(8-6-13)30-22(32)14-3-2-4-16(11-14)29-21-20(28)23(33)31(24(21)34)17-9-10-18(26)19(27)12-17/h2-12,29H,1H3,(H,30,32). The van der Waals surface area contributed by atoms with E-state index in [4.69, 9.17) is 34.8 Å². The van der Waals surface area contributed by atoms with E-state index < -0.39 is 23.7 Å². The highest BCUT2D eigenvalue weighted by Crippen LogP contribution is 2.33. The van der Waals surface area contributed by atoms with Crippen LogP contribution in [-0.4, -0.2) is 30.8 Å². The molecule has 0 saturated heterocycles. The van der Waals surface area contributed by atoms with Crippen molar-refractivity contribution in [2.24, 2.45) is 0 Å². The Kier molecular flexibility index (Phi) is 7.30. The number of rotatable bonds is 6. The summed E-state index contributed by atoms with van der Waals surface area (Å²) in [6.07, 6.45) is 0. The Balaban J connectivity index is 1.50. The number of hydrogen-bond acceptors (Lipinski definition) is 6. The fraction of sp³-hybridized carbons (Fsp3) is 0.0400. The van der Waals surface area contributed by atoms with E-state index in [1.54, 1.807) is 30.3 Å². The van der Waals surface area contributed by atoms with Crippen molar-refractivity contribution in [1.29, 1.82) is 0 Å². The Labute approximate surface area is 220 Å². The lowest BCUT2D eigenvalue weighted by Gasteiger charge is -2.16. The van der Waals surface area contributed by atoms with Crippen LogP contribution >= 0.6 is 34.8 Å². The molecule has 0 bridgehead atoms. The summed E-state index contributed by atoms with van der Waals surface area (Å²) >= 11 is 18.1. The van der Waals surface area contributed by atoms with Gasteiger partial charge in [-0.2, -0.15) is 0 Å². The summed E-state index contributed by atoms with van der Waals surface area (Å²) < 4.78 is 4.65. The van der Waals surface area contributed by atoms with E-state index in [0.29, 0.717) is 16.9 Å². The fourth-order valence-corrected chi connectivity index (χ4v) is 3.87. The molecule has 11 heteroatoms. The molecule has 0 atom stereocenters. The third kappa shape index (κ3) is 5.06. The molecule has 182 valence electrons. The minimum atomic E-state index is -0.730. The lowest BCUT2D eigenvalue weighted by Crippen LogP contribution is -2.32. The molecule has 0 radical (unpaired) electrons. The molecule has 1 aliphatic rings. The van der Waals surface area contributed by atoms with E-state index in [0.717, 1.165) is 4.90 Å². The number of hydrogen-bond donors (Lipinski definition) is 2. The van der Waals surface area contributed by atoms with Crippen molar-refractivity contribution in [2.45, 2.75) is 0 Å². The van der Waals surface area contributed by atoms with Crippen molar-refractivity contribution in [1.82, 2.24) is 0 Å². The van der Waals surface area contributed by atoms with Gasteiger partial charge < -0.3 is 15.4 Å². The summed E-state index contributed by atoms with van der Waals surface area (Å²) in [5, 5.41) is 5.67. The van der Waals surface area contributed by atoms with Crippen LogP contribution in [0.4, 0.5) is 17.1 Å². The van der Waals surface area contributed by atoms with Gasteiger partial charge in [0, 0.05) is 16.9 Å². The van der Waals surface area contributed by atoms with Crippen molar-refractivity contribution in [2.75, 3.05) is 22.6 Å². The number of carbonyl (C=O) groups excluding carboxylic acids is 4. The lowest BCUT2D eigenvalue weighted by molar-refractivity contribution is -0.120. The number of carbonyl (C=O) groups is 4. The van der Waals surface area contributed by atoms with Crippen molar-refractivity contribution >= 4 is 75.6 Å². The minimum Gasteiger partial charge on any atom is -0.465 e. The van der Waals surface area contributed by atoms with Crippen LogP contribution < -0.4 is 15.5 Å². The van der Waals surface area contributed by atoms with Gasteiger partial charge in [0.25, 0.3) is 17.7 Å². The molecule has 2 N–H and O–H groups in total. The van der Waals surface area contributed by atoms with Gasteiger partial charge in [-0.1, -0.05) is 40.9 Å². The molecule has 0 aromatic heterocycles. The number of nitrogens with one attached hydrogen (secondary N) is 2. The molecule has 3 amide bonds. The van der Waals surface area contributed by atoms with Crippen molar-refractivity contribution in [3.05, 3.63) is 98.6 Å². The van der Waals surface area contributed by atoms with Gasteiger partial charge in [0.15, 0.2) is 0 Å². The Morgan fingerprint density at radius 2 is 1.53 bits per heavy atom. The van der Waals surface area contributed by atoms with Gasteiger partial charge in [0.05, 0.1) is 28.4 Å². The highest BCUT2D eigenvalue weighted by Gasteiger charge is 2.39. The number of methoxy groups -OCH3 is 1. The number of ether oxygens (including phenoxy) is 1. The van der Waals surface area contributed by atoms with E-state index in [2.05, 4.69) is 15.4 Å². The molecule has 0 spiro atoms. The molecule has 3 aromatic rings. The summed E-state index contributed by atoms with van der Waals surface area (Å²) in [5.74, 6) is -2.34. The van der Waals surface area contributed by atoms with Gasteiger partial charge in [0.1, 0.15) is 10.7 Å². The summed E-state index contributed by atoms with van der Waals surface area (Å²) in [6.45, 7) is 0. The number of nitrogens with zero attached hydrogens (tertiary/aromatic N) is 1. The number of imide groups is 1. The Morgan fingerprint density at radius 3 is 2.19 bits per heavy atom. The van der Waals surface area contributed by atoms with Gasteiger partial charge in [-0.05, 0) is 60.7 Å². The topological polar surface area (TPSA) is 105 Å². The van der Waals surface area contributed by atoms with Gasteiger partial charge in [-0.15, -0.1) is 0 Å². The Hall–Kier alpha value is -3.85. The van der Waals surface area contributed by atoms with Crippen molar-refractivity contribution in [3.8, 4) is 0 Å². The molecular weight excluding hydrogens is 529 g/mol. The zero-order chi connectivity index (χ0) is 26.0. The molecule has 8 nitrogen and oxygen atoms in total. The maximum Gasteiger partial charge on any atom is 0.337 e. The number of anilines is 3. The van der Waals surface area contributed by atoms with E-state index in [9.17, 15) is 19.2 Å². The molecule has 36 heavy (non-hydrogen) atoms. The van der Waals surface area contributed by atoms with Gasteiger partial charge in [0.2, 0.25) is 0 Å². The average molecular weight is 545 g/mol. The maximum absolute atomic E-state index is 13.0. The average Bonchev–Trinajstić information content (AvgIpc) is 3.09. The zero-order valence-electron chi connectivity index (χ0n) is 18.5. The second-order valence-corrected chi connectivity index (χ2v) is 8.65. The first-order valence-electron chi connectivity index (χ1n) is 10.3. The van der Waals surface area contributed by atoms with Gasteiger partial charge in [-0.3, -0.25) is 14.4 Å². The minimum absolute atomic E-state index is 0.149. The second kappa shape index (κ2) is 10.4. The normalized spacial score (nSPS) is 13.2. The highest BCUT2D eigenvalue weighted by atomic mass is 35.5.